The smallest absolute Gasteiger partial charge is 0.255 e. The molecule has 1 aromatic rings. The summed E-state index contributed by atoms with van der Waals surface area (Å²) in [6.45, 7) is 1.85. The van der Waals surface area contributed by atoms with Gasteiger partial charge in [-0.25, -0.2) is 0 Å². The number of ether oxygens (including phenoxy) is 1. The van der Waals surface area contributed by atoms with E-state index in [9.17, 15) is 29.7 Å². The van der Waals surface area contributed by atoms with Crippen molar-refractivity contribution < 1.29 is 34.4 Å². The first-order valence-corrected chi connectivity index (χ1v) is 9.29. The van der Waals surface area contributed by atoms with E-state index in [0.29, 0.717) is 5.56 Å². The van der Waals surface area contributed by atoms with Crippen LogP contribution in [0.25, 0.3) is 5.76 Å². The maximum Gasteiger partial charge on any atom is 0.255 e. The summed E-state index contributed by atoms with van der Waals surface area (Å²) in [5.41, 5.74) is 5.49. The maximum absolute atomic E-state index is 13.4. The molecule has 8 nitrogen and oxygen atoms in total. The first kappa shape index (κ1) is 19.2. The normalized spacial score (nSPS) is 31.3. The van der Waals surface area contributed by atoms with Crippen molar-refractivity contribution in [1.29, 1.82) is 0 Å². The van der Waals surface area contributed by atoms with Gasteiger partial charge in [0.1, 0.15) is 22.8 Å². The van der Waals surface area contributed by atoms with Crippen molar-refractivity contribution in [3.8, 4) is 5.75 Å². The lowest BCUT2D eigenvalue weighted by molar-refractivity contribution is -0.135. The number of nitrogens with two attached hydrogens (primary N) is 1. The molecule has 5 N–H and O–H groups in total. The number of carbonyl (C=O) groups is 3. The minimum Gasteiger partial charge on any atom is -0.511 e. The number of aliphatic hydroxyl groups is 2. The van der Waals surface area contributed by atoms with Gasteiger partial charge in [0.2, 0.25) is 0 Å². The van der Waals surface area contributed by atoms with Gasteiger partial charge >= 0.3 is 0 Å². The van der Waals surface area contributed by atoms with Gasteiger partial charge < -0.3 is 25.8 Å². The zero-order valence-corrected chi connectivity index (χ0v) is 15.9. The number of rotatable bonds is 2. The highest BCUT2D eigenvalue weighted by molar-refractivity contribution is 6.21. The van der Waals surface area contributed by atoms with Crippen LogP contribution >= 0.6 is 0 Å². The van der Waals surface area contributed by atoms with Gasteiger partial charge in [-0.05, 0) is 17.5 Å². The fourth-order valence-electron chi connectivity index (χ4n) is 5.24. The highest BCUT2D eigenvalue weighted by Gasteiger charge is 2.57. The van der Waals surface area contributed by atoms with Gasteiger partial charge in [0.15, 0.2) is 11.6 Å². The Morgan fingerprint density at radius 3 is 2.52 bits per heavy atom. The molecule has 0 radical (unpaired) electrons. The molecule has 3 aliphatic rings. The number of Topliss-reactive ketones (excluding diaryl/α,β-unsaturated/α-hetero) is 2. The van der Waals surface area contributed by atoms with Crippen molar-refractivity contribution in [2.75, 3.05) is 7.11 Å². The van der Waals surface area contributed by atoms with Crippen molar-refractivity contribution >= 4 is 23.2 Å². The fourth-order valence-corrected chi connectivity index (χ4v) is 5.24. The van der Waals surface area contributed by atoms with Crippen LogP contribution in [0.15, 0.2) is 35.1 Å². The molecule has 0 bridgehead atoms. The number of aliphatic hydroxyl groups excluding tert-OH is 2. The molecule has 5 atom stereocenters. The van der Waals surface area contributed by atoms with E-state index in [1.54, 1.807) is 12.1 Å². The second-order valence-corrected chi connectivity index (χ2v) is 7.78. The van der Waals surface area contributed by atoms with Gasteiger partial charge in [-0.1, -0.05) is 19.1 Å². The molecule has 0 saturated heterocycles. The number of amides is 1. The number of phenolic OH excluding ortho intramolecular Hbond substituents is 1. The Labute approximate surface area is 166 Å². The van der Waals surface area contributed by atoms with E-state index < -0.39 is 52.7 Å². The number of primary amides is 1. The van der Waals surface area contributed by atoms with E-state index in [1.807, 2.05) is 6.92 Å². The highest BCUT2D eigenvalue weighted by Crippen LogP contribution is 2.54. The third-order valence-electron chi connectivity index (χ3n) is 6.45. The summed E-state index contributed by atoms with van der Waals surface area (Å²) in [4.78, 5) is 37.5. The van der Waals surface area contributed by atoms with E-state index in [-0.39, 0.29) is 35.0 Å². The van der Waals surface area contributed by atoms with Crippen molar-refractivity contribution in [1.82, 2.24) is 0 Å². The Morgan fingerprint density at radius 1 is 1.21 bits per heavy atom. The third kappa shape index (κ3) is 2.45. The summed E-state index contributed by atoms with van der Waals surface area (Å²) in [6, 6.07) is 4.81. The van der Waals surface area contributed by atoms with Crippen LogP contribution in [-0.2, 0) is 19.1 Å². The van der Waals surface area contributed by atoms with Crippen LogP contribution in [-0.4, -0.2) is 46.0 Å². The molecule has 0 aromatic heterocycles. The summed E-state index contributed by atoms with van der Waals surface area (Å²) in [5.74, 6) is -6.39. The molecule has 29 heavy (non-hydrogen) atoms. The minimum atomic E-state index is -1.23. The Balaban J connectivity index is 1.98. The Hall–Kier alpha value is -3.13. The van der Waals surface area contributed by atoms with Crippen LogP contribution in [0.2, 0.25) is 0 Å². The second-order valence-electron chi connectivity index (χ2n) is 7.78. The number of phenols is 1. The van der Waals surface area contributed by atoms with Gasteiger partial charge in [0.25, 0.3) is 5.91 Å². The van der Waals surface area contributed by atoms with Crippen LogP contribution < -0.4 is 5.73 Å². The molecule has 0 spiro atoms. The molecule has 4 rings (SSSR count). The van der Waals surface area contributed by atoms with Crippen LogP contribution in [0.5, 0.6) is 5.75 Å². The van der Waals surface area contributed by atoms with Gasteiger partial charge in [-0.3, -0.25) is 14.4 Å². The number of benzene rings is 1. The first-order chi connectivity index (χ1) is 13.7. The fraction of sp³-hybridized carbons (Fsp3) is 0.381. The molecule has 1 saturated carbocycles. The number of hydrogen-bond acceptors (Lipinski definition) is 7. The molecule has 3 aliphatic carbocycles. The lowest BCUT2D eigenvalue weighted by Gasteiger charge is -2.48. The van der Waals surface area contributed by atoms with E-state index in [2.05, 4.69) is 0 Å². The van der Waals surface area contributed by atoms with E-state index in [1.165, 1.54) is 13.2 Å². The summed E-state index contributed by atoms with van der Waals surface area (Å²) in [6.07, 6.45) is -0.859. The quantitative estimate of drug-likeness (QED) is 0.551. The molecule has 1 unspecified atom stereocenters. The van der Waals surface area contributed by atoms with E-state index >= 15 is 0 Å². The van der Waals surface area contributed by atoms with Crippen molar-refractivity contribution in [3.05, 3.63) is 46.2 Å². The third-order valence-corrected chi connectivity index (χ3v) is 6.45. The van der Waals surface area contributed by atoms with Gasteiger partial charge in [0.05, 0.1) is 17.6 Å². The number of aromatic hydroxyl groups is 1. The largest absolute Gasteiger partial charge is 0.511 e. The van der Waals surface area contributed by atoms with Crippen LogP contribution in [0, 0.1) is 17.8 Å². The monoisotopic (exact) mass is 399 g/mol. The number of hydrogen-bond donors (Lipinski definition) is 4. The number of methoxy groups -OCH3 is 1. The average Bonchev–Trinajstić information content (AvgIpc) is 2.65. The molecule has 152 valence electrons. The Morgan fingerprint density at radius 2 is 1.90 bits per heavy atom. The molecular formula is C21H21NO7. The predicted molar refractivity (Wildman–Crippen MR) is 101 cm³/mol. The highest BCUT2D eigenvalue weighted by atomic mass is 16.5. The number of fused-ring (bicyclic) bond motifs is 3. The molecule has 1 amide bonds. The van der Waals surface area contributed by atoms with E-state index in [0.717, 1.165) is 0 Å². The molecular weight excluding hydrogens is 378 g/mol. The summed E-state index contributed by atoms with van der Waals surface area (Å²) in [7, 11) is 1.44. The van der Waals surface area contributed by atoms with E-state index in [4.69, 9.17) is 10.5 Å². The first-order valence-electron chi connectivity index (χ1n) is 9.29. The van der Waals surface area contributed by atoms with Crippen LogP contribution in [0.4, 0.5) is 0 Å². The molecule has 0 aliphatic heterocycles. The minimum absolute atomic E-state index is 0.0179. The zero-order chi connectivity index (χ0) is 21.2. The summed E-state index contributed by atoms with van der Waals surface area (Å²) < 4.78 is 5.67. The van der Waals surface area contributed by atoms with Gasteiger partial charge in [-0.2, -0.15) is 0 Å². The predicted octanol–water partition coefficient (Wildman–Crippen LogP) is 1.49. The average molecular weight is 399 g/mol. The van der Waals surface area contributed by atoms with Crippen molar-refractivity contribution in [3.63, 3.8) is 0 Å². The zero-order valence-electron chi connectivity index (χ0n) is 15.9. The molecule has 0 heterocycles. The van der Waals surface area contributed by atoms with Gasteiger partial charge in [-0.15, -0.1) is 0 Å². The lowest BCUT2D eigenvalue weighted by Crippen LogP contribution is -2.53. The molecule has 1 fully saturated rings. The molecule has 1 aromatic carbocycles. The maximum atomic E-state index is 13.4. The van der Waals surface area contributed by atoms with Crippen molar-refractivity contribution in [2.45, 2.75) is 25.4 Å². The topological polar surface area (TPSA) is 147 Å². The number of allylic oxidation sites excluding steroid dienone is 1. The van der Waals surface area contributed by atoms with Gasteiger partial charge in [0, 0.05) is 30.9 Å². The van der Waals surface area contributed by atoms with Crippen LogP contribution in [0.3, 0.4) is 0 Å². The Kier molecular flexibility index (Phi) is 4.27. The van der Waals surface area contributed by atoms with Crippen molar-refractivity contribution in [2.24, 2.45) is 23.5 Å². The summed E-state index contributed by atoms with van der Waals surface area (Å²) in [5, 5.41) is 31.8. The SMILES string of the molecule is CO[C@@H]1[C@H]2C(=C(O)c3c(O)cccc3[C@@H]2C)C(=O)C2C(O)=C(C(N)=O)C(=O)C[C@H]21. The second kappa shape index (κ2) is 6.45. The Bertz CT molecular complexity index is 1020. The van der Waals surface area contributed by atoms with Crippen LogP contribution in [0.1, 0.15) is 30.4 Å². The molecule has 8 heteroatoms. The summed E-state index contributed by atoms with van der Waals surface area (Å²) >= 11 is 0. The lowest BCUT2D eigenvalue weighted by atomic mass is 9.57. The number of carbonyl (C=O) groups excluding carboxylic acids is 3. The standard InChI is InChI=1S/C21H21NO7/c1-7-8-4-3-5-10(23)13(8)17(25)16-12(7)20(29-2)9-6-11(24)15(21(22)28)18(26)14(9)19(16)27/h3-5,7,9,12,14,20,23,25-26H,6H2,1-2H3,(H2,22,28)/t7-,9+,12+,14?,20-/m0/s1. The number of ketones is 2.